The molecule has 1 heterocycles. The summed E-state index contributed by atoms with van der Waals surface area (Å²) in [5.41, 5.74) is 2.48. The van der Waals surface area contributed by atoms with E-state index in [0.29, 0.717) is 32.9 Å². The Kier molecular flexibility index (Phi) is 7.04. The molecule has 4 rings (SSSR count). The third kappa shape index (κ3) is 5.86. The number of nitrogens with zero attached hydrogens (tertiary/aromatic N) is 1. The van der Waals surface area contributed by atoms with Crippen LogP contribution in [0.3, 0.4) is 0 Å². The van der Waals surface area contributed by atoms with E-state index in [9.17, 15) is 14.0 Å². The molecule has 0 radical (unpaired) electrons. The molecule has 36 heavy (non-hydrogen) atoms. The first-order valence-electron chi connectivity index (χ1n) is 11.3. The van der Waals surface area contributed by atoms with Crippen molar-refractivity contribution in [3.63, 3.8) is 0 Å². The van der Waals surface area contributed by atoms with Crippen LogP contribution in [0.1, 0.15) is 32.0 Å². The van der Waals surface area contributed by atoms with E-state index in [4.69, 9.17) is 26.2 Å². The van der Waals surface area contributed by atoms with Gasteiger partial charge in [-0.15, -0.1) is 0 Å². The van der Waals surface area contributed by atoms with Crippen molar-refractivity contribution >= 4 is 34.6 Å². The molecule has 3 aromatic carbocycles. The van der Waals surface area contributed by atoms with Crippen LogP contribution in [-0.2, 0) is 22.6 Å². The second kappa shape index (κ2) is 10.0. The molecular weight excluding hydrogens is 485 g/mol. The average Bonchev–Trinajstić information content (AvgIpc) is 3.15. The number of hydrogen-bond acceptors (Lipinski definition) is 4. The van der Waals surface area contributed by atoms with Gasteiger partial charge in [0.25, 0.3) is 0 Å². The first kappa shape index (κ1) is 25.3. The Balaban J connectivity index is 1.54. The van der Waals surface area contributed by atoms with Crippen LogP contribution < -0.4 is 4.74 Å². The number of rotatable bonds is 6. The molecule has 0 spiro atoms. The molecule has 0 amide bonds. The zero-order chi connectivity index (χ0) is 26.0. The SMILES string of the molecule is CC(C)(C)OC(=O)n1c(COc2ccc(-c3ccc(CC(=O)O)c(Cl)c3)cc2)cc2ccc(F)cc21. The first-order valence-corrected chi connectivity index (χ1v) is 11.6. The summed E-state index contributed by atoms with van der Waals surface area (Å²) in [6.07, 6.45) is -0.751. The predicted molar refractivity (Wildman–Crippen MR) is 136 cm³/mol. The Bertz CT molecular complexity index is 1440. The van der Waals surface area contributed by atoms with Crippen molar-refractivity contribution in [2.24, 2.45) is 0 Å². The number of aromatic nitrogens is 1. The van der Waals surface area contributed by atoms with Gasteiger partial charge >= 0.3 is 12.1 Å². The zero-order valence-electron chi connectivity index (χ0n) is 20.0. The second-order valence-corrected chi connectivity index (χ2v) is 9.75. The van der Waals surface area contributed by atoms with Crippen LogP contribution in [0.25, 0.3) is 22.0 Å². The van der Waals surface area contributed by atoms with Crippen molar-refractivity contribution in [3.05, 3.63) is 88.8 Å². The van der Waals surface area contributed by atoms with Gasteiger partial charge in [-0.3, -0.25) is 4.79 Å². The quantitative estimate of drug-likeness (QED) is 0.300. The Hall–Kier alpha value is -3.84. The Morgan fingerprint density at radius 2 is 1.67 bits per heavy atom. The molecule has 0 unspecified atom stereocenters. The summed E-state index contributed by atoms with van der Waals surface area (Å²) >= 11 is 6.24. The smallest absolute Gasteiger partial charge is 0.419 e. The number of halogens is 2. The lowest BCUT2D eigenvalue weighted by Crippen LogP contribution is -2.28. The van der Waals surface area contributed by atoms with Gasteiger partial charge in [-0.2, -0.15) is 0 Å². The molecule has 0 saturated heterocycles. The predicted octanol–water partition coefficient (Wildman–Crippen LogP) is 7.09. The highest BCUT2D eigenvalue weighted by atomic mass is 35.5. The molecule has 0 atom stereocenters. The summed E-state index contributed by atoms with van der Waals surface area (Å²) in [6.45, 7) is 5.36. The lowest BCUT2D eigenvalue weighted by Gasteiger charge is -2.21. The molecule has 8 heteroatoms. The van der Waals surface area contributed by atoms with Gasteiger partial charge < -0.3 is 14.6 Å². The fourth-order valence-corrected chi connectivity index (χ4v) is 4.04. The Morgan fingerprint density at radius 3 is 2.31 bits per heavy atom. The van der Waals surface area contributed by atoms with E-state index in [0.717, 1.165) is 11.1 Å². The maximum atomic E-state index is 13.9. The van der Waals surface area contributed by atoms with Crippen molar-refractivity contribution in [1.29, 1.82) is 0 Å². The summed E-state index contributed by atoms with van der Waals surface area (Å²) in [6, 6.07) is 18.6. The lowest BCUT2D eigenvalue weighted by atomic mass is 10.0. The third-order valence-corrected chi connectivity index (χ3v) is 5.74. The van der Waals surface area contributed by atoms with Crippen molar-refractivity contribution in [1.82, 2.24) is 4.57 Å². The van der Waals surface area contributed by atoms with E-state index in [1.807, 2.05) is 18.2 Å². The average molecular weight is 510 g/mol. The van der Waals surface area contributed by atoms with Gasteiger partial charge in [0.05, 0.1) is 17.6 Å². The van der Waals surface area contributed by atoms with Gasteiger partial charge in [0.15, 0.2) is 0 Å². The summed E-state index contributed by atoms with van der Waals surface area (Å²) in [5, 5.41) is 10.1. The van der Waals surface area contributed by atoms with Gasteiger partial charge in [0.2, 0.25) is 0 Å². The molecule has 1 aromatic heterocycles. The van der Waals surface area contributed by atoms with Crippen molar-refractivity contribution in [2.75, 3.05) is 0 Å². The normalized spacial score (nSPS) is 11.5. The molecule has 186 valence electrons. The number of carbonyl (C=O) groups is 2. The third-order valence-electron chi connectivity index (χ3n) is 5.39. The van der Waals surface area contributed by atoms with E-state index >= 15 is 0 Å². The molecule has 0 aliphatic carbocycles. The summed E-state index contributed by atoms with van der Waals surface area (Å²) in [5.74, 6) is -0.828. The number of carbonyl (C=O) groups excluding carboxylic acids is 1. The number of hydrogen-bond donors (Lipinski definition) is 1. The molecule has 6 nitrogen and oxygen atoms in total. The minimum Gasteiger partial charge on any atom is -0.487 e. The molecule has 0 fully saturated rings. The van der Waals surface area contributed by atoms with Gasteiger partial charge in [-0.25, -0.2) is 13.8 Å². The van der Waals surface area contributed by atoms with Crippen LogP contribution in [0, 0.1) is 5.82 Å². The van der Waals surface area contributed by atoms with Crippen LogP contribution in [0.15, 0.2) is 66.7 Å². The number of carboxylic acids is 1. The van der Waals surface area contributed by atoms with Gasteiger partial charge in [-0.05, 0) is 79.9 Å². The van der Waals surface area contributed by atoms with Crippen LogP contribution >= 0.6 is 11.6 Å². The highest BCUT2D eigenvalue weighted by molar-refractivity contribution is 6.31. The minimum absolute atomic E-state index is 0.0601. The number of benzene rings is 3. The fourth-order valence-electron chi connectivity index (χ4n) is 3.79. The van der Waals surface area contributed by atoms with E-state index in [-0.39, 0.29) is 13.0 Å². The van der Waals surface area contributed by atoms with Gasteiger partial charge in [-0.1, -0.05) is 35.9 Å². The Labute approximate surface area is 212 Å². The zero-order valence-corrected chi connectivity index (χ0v) is 20.8. The molecule has 0 aliphatic heterocycles. The summed E-state index contributed by atoms with van der Waals surface area (Å²) in [7, 11) is 0. The highest BCUT2D eigenvalue weighted by Gasteiger charge is 2.22. The molecule has 4 aromatic rings. The summed E-state index contributed by atoms with van der Waals surface area (Å²) < 4.78 is 26.7. The van der Waals surface area contributed by atoms with Crippen LogP contribution in [-0.4, -0.2) is 27.3 Å². The van der Waals surface area contributed by atoms with E-state index < -0.39 is 23.5 Å². The standard InChI is InChI=1S/C28H25ClFNO5/c1-28(2,3)36-27(34)31-22(12-20-6-9-21(30)15-25(20)31)16-35-23-10-7-17(8-11-23)18-4-5-19(14-26(32)33)24(29)13-18/h4-13,15H,14,16H2,1-3H3,(H,32,33). The monoisotopic (exact) mass is 509 g/mol. The van der Waals surface area contributed by atoms with Crippen molar-refractivity contribution in [3.8, 4) is 16.9 Å². The van der Waals surface area contributed by atoms with Gasteiger partial charge in [0.1, 0.15) is 23.8 Å². The number of fused-ring (bicyclic) bond motifs is 1. The number of ether oxygens (including phenoxy) is 2. The molecule has 0 bridgehead atoms. The largest absolute Gasteiger partial charge is 0.487 e. The van der Waals surface area contributed by atoms with Crippen LogP contribution in [0.5, 0.6) is 5.75 Å². The van der Waals surface area contributed by atoms with Crippen LogP contribution in [0.2, 0.25) is 5.02 Å². The van der Waals surface area contributed by atoms with Crippen LogP contribution in [0.4, 0.5) is 9.18 Å². The van der Waals surface area contributed by atoms with Gasteiger partial charge in [0, 0.05) is 10.4 Å². The summed E-state index contributed by atoms with van der Waals surface area (Å²) in [4.78, 5) is 23.9. The number of carboxylic acid groups (broad SMARTS) is 1. The molecule has 1 N–H and O–H groups in total. The molecule has 0 aliphatic rings. The second-order valence-electron chi connectivity index (χ2n) is 9.34. The molecule has 0 saturated carbocycles. The minimum atomic E-state index is -0.943. The highest BCUT2D eigenvalue weighted by Crippen LogP contribution is 2.29. The van der Waals surface area contributed by atoms with E-state index in [1.165, 1.54) is 16.7 Å². The maximum absolute atomic E-state index is 13.9. The van der Waals surface area contributed by atoms with E-state index in [1.54, 1.807) is 57.2 Å². The lowest BCUT2D eigenvalue weighted by molar-refractivity contribution is -0.136. The fraction of sp³-hybridized carbons (Fsp3) is 0.214. The molecular formula is C28H25ClFNO5. The first-order chi connectivity index (χ1) is 17.0. The Morgan fingerprint density at radius 1 is 0.972 bits per heavy atom. The van der Waals surface area contributed by atoms with Crippen molar-refractivity contribution in [2.45, 2.75) is 39.4 Å². The van der Waals surface area contributed by atoms with Crippen molar-refractivity contribution < 1.29 is 28.6 Å². The number of aliphatic carboxylic acids is 1. The van der Waals surface area contributed by atoms with E-state index in [2.05, 4.69) is 0 Å². The maximum Gasteiger partial charge on any atom is 0.419 e. The topological polar surface area (TPSA) is 77.8 Å².